The van der Waals surface area contributed by atoms with Gasteiger partial charge in [0.1, 0.15) is 5.54 Å². The van der Waals surface area contributed by atoms with E-state index >= 15 is 0 Å². The van der Waals surface area contributed by atoms with E-state index in [0.717, 1.165) is 0 Å². The number of amides is 1. The lowest BCUT2D eigenvalue weighted by Crippen LogP contribution is -2.30. The van der Waals surface area contributed by atoms with Gasteiger partial charge in [-0.15, -0.1) is 0 Å². The first-order valence-corrected chi connectivity index (χ1v) is 6.40. The Morgan fingerprint density at radius 1 is 1.09 bits per heavy atom. The van der Waals surface area contributed by atoms with Crippen LogP contribution in [0.1, 0.15) is 29.2 Å². The number of cyclic esters (lactones) is 1. The topological polar surface area (TPSA) is 38.3 Å². The Hall–Kier alpha value is -2.19. The quantitative estimate of drug-likeness (QED) is 0.616. The van der Waals surface area contributed by atoms with E-state index in [1.165, 1.54) is 0 Å². The first-order chi connectivity index (χ1) is 10.4. The van der Waals surface area contributed by atoms with Gasteiger partial charge in [-0.1, -0.05) is 6.58 Å². The lowest BCUT2D eigenvalue weighted by molar-refractivity contribution is -0.143. The Bertz CT molecular complexity index is 674. The van der Waals surface area contributed by atoms with E-state index in [0.29, 0.717) is 17.7 Å². The lowest BCUT2D eigenvalue weighted by Gasteiger charge is -2.19. The monoisotopic (exact) mass is 337 g/mol. The standard InChI is InChI=1S/C14H9F6NO2/c1-6-5-12(6)10(23-11(22)21-12)7-2-8(13(15,16)17)4-9(3-7)14(18,19)20/h2-4,10H,1,5H2,(H,21,22)/t10-,12-/m1/s1. The van der Waals surface area contributed by atoms with Gasteiger partial charge in [-0.05, 0) is 29.3 Å². The maximum absolute atomic E-state index is 12.9. The number of rotatable bonds is 1. The van der Waals surface area contributed by atoms with E-state index < -0.39 is 41.2 Å². The molecule has 1 aromatic rings. The maximum atomic E-state index is 12.9. The average Bonchev–Trinajstić information content (AvgIpc) is 2.89. The smallest absolute Gasteiger partial charge is 0.416 e. The van der Waals surface area contributed by atoms with Crippen LogP contribution in [0.2, 0.25) is 0 Å². The second-order valence-electron chi connectivity index (χ2n) is 5.50. The fourth-order valence-electron chi connectivity index (χ4n) is 2.67. The predicted octanol–water partition coefficient (Wildman–Crippen LogP) is 4.20. The van der Waals surface area contributed by atoms with Gasteiger partial charge >= 0.3 is 18.4 Å². The Morgan fingerprint density at radius 3 is 1.96 bits per heavy atom. The second-order valence-corrected chi connectivity index (χ2v) is 5.50. The SMILES string of the molecule is C=C1C[C@@]12NC(=O)O[C@@H]2c1cc(C(F)(F)F)cc(C(F)(F)F)c1. The molecule has 0 bridgehead atoms. The van der Waals surface area contributed by atoms with Crippen molar-refractivity contribution in [2.24, 2.45) is 0 Å². The van der Waals surface area contributed by atoms with Crippen LogP contribution in [-0.4, -0.2) is 11.6 Å². The van der Waals surface area contributed by atoms with Crippen molar-refractivity contribution in [1.29, 1.82) is 0 Å². The first kappa shape index (κ1) is 15.7. The van der Waals surface area contributed by atoms with Crippen molar-refractivity contribution in [2.45, 2.75) is 30.4 Å². The highest BCUT2D eigenvalue weighted by molar-refractivity contribution is 5.76. The second kappa shape index (κ2) is 4.42. The molecule has 1 spiro atoms. The van der Waals surface area contributed by atoms with Crippen molar-refractivity contribution in [3.05, 3.63) is 47.0 Å². The summed E-state index contributed by atoms with van der Waals surface area (Å²) in [7, 11) is 0. The molecule has 1 aliphatic carbocycles. The summed E-state index contributed by atoms with van der Waals surface area (Å²) in [5, 5.41) is 2.40. The van der Waals surface area contributed by atoms with Gasteiger partial charge in [-0.25, -0.2) is 4.79 Å². The van der Waals surface area contributed by atoms with E-state index in [1.807, 2.05) is 0 Å². The van der Waals surface area contributed by atoms with Gasteiger partial charge in [0.15, 0.2) is 6.10 Å². The van der Waals surface area contributed by atoms with Crippen LogP contribution in [-0.2, 0) is 17.1 Å². The predicted molar refractivity (Wildman–Crippen MR) is 65.3 cm³/mol. The zero-order valence-electron chi connectivity index (χ0n) is 11.3. The molecule has 23 heavy (non-hydrogen) atoms. The van der Waals surface area contributed by atoms with Crippen LogP contribution in [0.25, 0.3) is 0 Å². The van der Waals surface area contributed by atoms with Crippen LogP contribution >= 0.6 is 0 Å². The largest absolute Gasteiger partial charge is 0.438 e. The molecule has 3 rings (SSSR count). The molecule has 1 saturated carbocycles. The van der Waals surface area contributed by atoms with Gasteiger partial charge in [0.2, 0.25) is 0 Å². The van der Waals surface area contributed by atoms with E-state index in [4.69, 9.17) is 4.74 Å². The van der Waals surface area contributed by atoms with E-state index in [9.17, 15) is 31.1 Å². The minimum atomic E-state index is -4.96. The van der Waals surface area contributed by atoms with Gasteiger partial charge < -0.3 is 10.1 Å². The number of nitrogens with one attached hydrogen (secondary N) is 1. The summed E-state index contributed by atoms with van der Waals surface area (Å²) >= 11 is 0. The highest BCUT2D eigenvalue weighted by Crippen LogP contribution is 2.55. The molecular weight excluding hydrogens is 328 g/mol. The maximum Gasteiger partial charge on any atom is 0.416 e. The Labute approximate surface area is 125 Å². The number of benzene rings is 1. The minimum Gasteiger partial charge on any atom is -0.438 e. The molecule has 1 heterocycles. The van der Waals surface area contributed by atoms with Gasteiger partial charge in [-0.3, -0.25) is 0 Å². The number of alkyl halides is 6. The van der Waals surface area contributed by atoms with Crippen molar-refractivity contribution >= 4 is 6.09 Å². The summed E-state index contributed by atoms with van der Waals surface area (Å²) in [4.78, 5) is 11.4. The van der Waals surface area contributed by atoms with Crippen LogP contribution in [0, 0.1) is 0 Å². The van der Waals surface area contributed by atoms with Gasteiger partial charge in [0, 0.05) is 6.42 Å². The van der Waals surface area contributed by atoms with Gasteiger partial charge in [-0.2, -0.15) is 26.3 Å². The summed E-state index contributed by atoms with van der Waals surface area (Å²) < 4.78 is 82.1. The van der Waals surface area contributed by atoms with E-state index in [1.54, 1.807) is 0 Å². The molecule has 124 valence electrons. The van der Waals surface area contributed by atoms with Crippen LogP contribution in [0.3, 0.4) is 0 Å². The zero-order chi connectivity index (χ0) is 17.2. The van der Waals surface area contributed by atoms with Crippen LogP contribution < -0.4 is 5.32 Å². The molecule has 2 aliphatic rings. The molecule has 0 radical (unpaired) electrons. The van der Waals surface area contributed by atoms with Crippen molar-refractivity contribution in [1.82, 2.24) is 5.32 Å². The fraction of sp³-hybridized carbons (Fsp3) is 0.357. The lowest BCUT2D eigenvalue weighted by atomic mass is 9.95. The Morgan fingerprint density at radius 2 is 1.57 bits per heavy atom. The molecule has 2 fully saturated rings. The number of hydrogen-bond donors (Lipinski definition) is 1. The molecular formula is C14H9F6NO2. The molecule has 1 amide bonds. The number of halogens is 6. The molecule has 2 atom stereocenters. The highest BCUT2D eigenvalue weighted by Gasteiger charge is 2.61. The third-order valence-corrected chi connectivity index (χ3v) is 3.91. The molecule has 9 heteroatoms. The fourth-order valence-corrected chi connectivity index (χ4v) is 2.67. The Kier molecular flexibility index (Phi) is 3.02. The van der Waals surface area contributed by atoms with E-state index in [2.05, 4.69) is 11.9 Å². The van der Waals surface area contributed by atoms with Gasteiger partial charge in [0.25, 0.3) is 0 Å². The third-order valence-electron chi connectivity index (χ3n) is 3.91. The average molecular weight is 337 g/mol. The van der Waals surface area contributed by atoms with Crippen LogP contribution in [0.4, 0.5) is 31.1 Å². The van der Waals surface area contributed by atoms with Crippen molar-refractivity contribution in [3.63, 3.8) is 0 Å². The first-order valence-electron chi connectivity index (χ1n) is 6.40. The summed E-state index contributed by atoms with van der Waals surface area (Å²) in [6.45, 7) is 3.62. The molecule has 3 nitrogen and oxygen atoms in total. The molecule has 1 N–H and O–H groups in total. The minimum absolute atomic E-state index is 0.0299. The highest BCUT2D eigenvalue weighted by atomic mass is 19.4. The van der Waals surface area contributed by atoms with Crippen molar-refractivity contribution in [2.75, 3.05) is 0 Å². The summed E-state index contributed by atoms with van der Waals surface area (Å²) in [5.74, 6) is 0. The van der Waals surface area contributed by atoms with E-state index in [-0.39, 0.29) is 18.1 Å². The summed E-state index contributed by atoms with van der Waals surface area (Å²) in [6, 6.07) is 1.16. The van der Waals surface area contributed by atoms with Gasteiger partial charge in [0.05, 0.1) is 11.1 Å². The zero-order valence-corrected chi connectivity index (χ0v) is 11.3. The number of carbonyl (C=O) groups is 1. The van der Waals surface area contributed by atoms with Crippen LogP contribution in [0.5, 0.6) is 0 Å². The summed E-state index contributed by atoms with van der Waals surface area (Å²) in [5.41, 5.74) is -3.91. The molecule has 1 aliphatic heterocycles. The number of alkyl carbamates (subject to hydrolysis) is 1. The van der Waals surface area contributed by atoms with Crippen molar-refractivity contribution < 1.29 is 35.9 Å². The molecule has 0 unspecified atom stereocenters. The molecule has 1 saturated heterocycles. The number of hydrogen-bond acceptors (Lipinski definition) is 2. The number of ether oxygens (including phenoxy) is 1. The summed E-state index contributed by atoms with van der Waals surface area (Å²) in [6.07, 6.45) is -11.9. The molecule has 0 aromatic heterocycles. The number of carbonyl (C=O) groups excluding carboxylic acids is 1. The molecule has 1 aromatic carbocycles. The van der Waals surface area contributed by atoms with Crippen molar-refractivity contribution in [3.8, 4) is 0 Å². The third kappa shape index (κ3) is 2.53. The Balaban J connectivity index is 2.12. The van der Waals surface area contributed by atoms with Crippen LogP contribution in [0.15, 0.2) is 30.4 Å². The normalized spacial score (nSPS) is 27.1.